The Morgan fingerprint density at radius 2 is 1.86 bits per heavy atom. The van der Waals surface area contributed by atoms with Crippen LogP contribution in [0.5, 0.6) is 0 Å². The Balaban J connectivity index is -0.0000000480. The first kappa shape index (κ1) is 15.8. The van der Waals surface area contributed by atoms with Crippen LogP contribution in [-0.4, -0.2) is 6.79 Å². The van der Waals surface area contributed by atoms with Crippen molar-refractivity contribution in [2.24, 2.45) is 0 Å². The Bertz CT molecular complexity index is 66.6. The maximum absolute atomic E-state index is 7.75. The molecule has 0 aliphatic rings. The summed E-state index contributed by atoms with van der Waals surface area (Å²) in [5.41, 5.74) is 0. The van der Waals surface area contributed by atoms with Gasteiger partial charge in [-0.3, -0.25) is 6.79 Å². The van der Waals surface area contributed by atoms with Crippen LogP contribution >= 0.6 is 0 Å². The van der Waals surface area contributed by atoms with Gasteiger partial charge in [-0.15, -0.1) is 0 Å². The van der Waals surface area contributed by atoms with Gasteiger partial charge in [-0.2, -0.15) is 5.26 Å². The predicted octanol–water partition coefficient (Wildman–Crippen LogP) is -2.57. The molecule has 0 saturated heterocycles. The molecule has 0 unspecified atom stereocenters. The summed E-state index contributed by atoms with van der Waals surface area (Å²) >= 11 is 0. The van der Waals surface area contributed by atoms with Crippen LogP contribution in [0, 0.1) is 11.3 Å². The zero-order valence-electron chi connectivity index (χ0n) is 4.22. The minimum atomic E-state index is 0. The quantitative estimate of drug-likeness (QED) is 0.147. The van der Waals surface area contributed by atoms with E-state index in [1.54, 1.807) is 6.07 Å². The van der Waals surface area contributed by atoms with Crippen LogP contribution in [0.2, 0.25) is 0 Å². The van der Waals surface area contributed by atoms with Crippen LogP contribution in [0.4, 0.5) is 0 Å². The van der Waals surface area contributed by atoms with Crippen LogP contribution in [0.3, 0.4) is 0 Å². The first-order chi connectivity index (χ1) is 2.91. The second kappa shape index (κ2) is 39.2. The molecule has 0 rings (SSSR count). The molecule has 32 valence electrons. The Hall–Kier alpha value is -0.100. The summed E-state index contributed by atoms with van der Waals surface area (Å²) in [5, 5.41) is 7.51. The Morgan fingerprint density at radius 1 is 1.71 bits per heavy atom. The van der Waals surface area contributed by atoms with Crippen molar-refractivity contribution in [3.05, 3.63) is 12.7 Å². The van der Waals surface area contributed by atoms with Gasteiger partial charge in [0.05, 0.1) is 6.07 Å². The van der Waals surface area contributed by atoms with Crippen LogP contribution in [0.25, 0.3) is 0 Å². The van der Waals surface area contributed by atoms with E-state index in [0.717, 1.165) is 0 Å². The third-order valence-electron chi connectivity index (χ3n) is 0.0913. The van der Waals surface area contributed by atoms with Gasteiger partial charge in [-0.05, 0) is 0 Å². The molecule has 0 aliphatic heterocycles. The number of carbonyl (C=O) groups excluding carboxylic acids is 1. The second-order valence-corrected chi connectivity index (χ2v) is 0.333. The molecule has 0 atom stereocenters. The molecule has 7 heavy (non-hydrogen) atoms. The molecule has 0 heterocycles. The first-order valence-electron chi connectivity index (χ1n) is 1.16. The molecule has 0 aromatic heterocycles. The molecular formula is C4H4NNaO. The molecule has 0 fully saturated rings. The molecule has 0 amide bonds. The normalized spacial score (nSPS) is 2.71. The van der Waals surface area contributed by atoms with Crippen molar-refractivity contribution >= 4 is 6.79 Å². The summed E-state index contributed by atoms with van der Waals surface area (Å²) in [6, 6.07) is 1.69. The van der Waals surface area contributed by atoms with Gasteiger partial charge >= 0.3 is 29.6 Å². The van der Waals surface area contributed by atoms with Gasteiger partial charge in [-0.25, -0.2) is 0 Å². The molecule has 3 heteroatoms. The van der Waals surface area contributed by atoms with Crippen LogP contribution in [-0.2, 0) is 4.79 Å². The average Bonchev–Trinajstić information content (AvgIpc) is 1.72. The van der Waals surface area contributed by atoms with Crippen molar-refractivity contribution in [2.75, 3.05) is 0 Å². The van der Waals surface area contributed by atoms with E-state index in [9.17, 15) is 0 Å². The second-order valence-electron chi connectivity index (χ2n) is 0.333. The molecule has 0 N–H and O–H groups in total. The minimum Gasteiger partial charge on any atom is -0.545 e. The largest absolute Gasteiger partial charge is 1.00 e. The molecule has 2 nitrogen and oxygen atoms in total. The molecule has 0 saturated carbocycles. The summed E-state index contributed by atoms with van der Waals surface area (Å²) in [6.45, 7) is 6.37. The van der Waals surface area contributed by atoms with Gasteiger partial charge in [0, 0.05) is 6.08 Å². The zero-order valence-corrected chi connectivity index (χ0v) is 6.22. The van der Waals surface area contributed by atoms with Gasteiger partial charge in [0.25, 0.3) is 0 Å². The molecule has 0 radical (unpaired) electrons. The van der Waals surface area contributed by atoms with Crippen LogP contribution in [0.15, 0.2) is 12.7 Å². The smallest absolute Gasteiger partial charge is 0.545 e. The average molecular weight is 105 g/mol. The van der Waals surface area contributed by atoms with Gasteiger partial charge in [0.2, 0.25) is 0 Å². The SMILES string of the molecule is C=CC#N.[CH-]=O.[Na+]. The summed E-state index contributed by atoms with van der Waals surface area (Å²) in [7, 11) is 0. The first-order valence-corrected chi connectivity index (χ1v) is 1.16. The number of allylic oxidation sites excluding steroid dienone is 1. The maximum atomic E-state index is 7.75. The monoisotopic (exact) mass is 105 g/mol. The van der Waals surface area contributed by atoms with Crippen molar-refractivity contribution in [1.82, 2.24) is 0 Å². The number of hydrogen-bond acceptors (Lipinski definition) is 2. The van der Waals surface area contributed by atoms with Crippen LogP contribution in [0.1, 0.15) is 0 Å². The zero-order chi connectivity index (χ0) is 5.41. The van der Waals surface area contributed by atoms with E-state index in [4.69, 9.17) is 10.1 Å². The van der Waals surface area contributed by atoms with E-state index in [1.807, 2.05) is 0 Å². The van der Waals surface area contributed by atoms with Crippen molar-refractivity contribution < 1.29 is 34.4 Å². The van der Waals surface area contributed by atoms with Crippen molar-refractivity contribution in [1.29, 1.82) is 5.26 Å². The van der Waals surface area contributed by atoms with E-state index in [2.05, 4.69) is 13.4 Å². The third kappa shape index (κ3) is 111. The fraction of sp³-hybridized carbons (Fsp3) is 0. The summed E-state index contributed by atoms with van der Waals surface area (Å²) < 4.78 is 0. The third-order valence-corrected chi connectivity index (χ3v) is 0.0913. The van der Waals surface area contributed by atoms with E-state index in [1.165, 1.54) is 6.08 Å². The van der Waals surface area contributed by atoms with Gasteiger partial charge in [-0.1, -0.05) is 6.58 Å². The van der Waals surface area contributed by atoms with Crippen LogP contribution < -0.4 is 29.6 Å². The van der Waals surface area contributed by atoms with Crippen molar-refractivity contribution in [2.45, 2.75) is 0 Å². The molecule has 0 aromatic rings. The number of nitrogens with zero attached hydrogens (tertiary/aromatic N) is 1. The summed E-state index contributed by atoms with van der Waals surface area (Å²) in [5.74, 6) is 0. The van der Waals surface area contributed by atoms with Gasteiger partial charge in [0.15, 0.2) is 0 Å². The standard InChI is InChI=1S/C3H3N.CHO.Na/c1-2-3-4;1-2;/h2H,1H2;1H;/q;-1;+1. The number of nitriles is 1. The number of hydrogen-bond donors (Lipinski definition) is 0. The molecule has 0 aromatic carbocycles. The maximum Gasteiger partial charge on any atom is 1.00 e. The molecule has 0 spiro atoms. The topological polar surface area (TPSA) is 40.9 Å². The molecular weight excluding hydrogens is 101 g/mol. The van der Waals surface area contributed by atoms with E-state index in [0.29, 0.717) is 0 Å². The molecule has 0 aliphatic carbocycles. The predicted molar refractivity (Wildman–Crippen MR) is 22.6 cm³/mol. The Kier molecular flexibility index (Phi) is 88.5. The van der Waals surface area contributed by atoms with Crippen molar-refractivity contribution in [3.63, 3.8) is 0 Å². The van der Waals surface area contributed by atoms with E-state index >= 15 is 0 Å². The fourth-order valence-corrected chi connectivity index (χ4v) is 0. The van der Waals surface area contributed by atoms with E-state index < -0.39 is 0 Å². The summed E-state index contributed by atoms with van der Waals surface area (Å²) in [4.78, 5) is 7.75. The van der Waals surface area contributed by atoms with Crippen molar-refractivity contribution in [3.8, 4) is 6.07 Å². The van der Waals surface area contributed by atoms with E-state index in [-0.39, 0.29) is 29.6 Å². The van der Waals surface area contributed by atoms with Gasteiger partial charge in [0.1, 0.15) is 0 Å². The Labute approximate surface area is 65.1 Å². The fourth-order valence-electron chi connectivity index (χ4n) is 0. The number of rotatable bonds is 0. The molecule has 0 bridgehead atoms. The Morgan fingerprint density at radius 3 is 1.86 bits per heavy atom. The summed E-state index contributed by atoms with van der Waals surface area (Å²) in [6.07, 6.45) is 1.18. The minimum absolute atomic E-state index is 0. The van der Waals surface area contributed by atoms with Gasteiger partial charge < -0.3 is 4.79 Å².